The van der Waals surface area contributed by atoms with Crippen LogP contribution in [0.4, 0.5) is 39.5 Å². The first kappa shape index (κ1) is 25.5. The van der Waals surface area contributed by atoms with Crippen LogP contribution in [0.1, 0.15) is 40.5 Å². The summed E-state index contributed by atoms with van der Waals surface area (Å²) in [5, 5.41) is 9.79. The molecule has 0 heterocycles. The predicted molar refractivity (Wildman–Crippen MR) is 66.1 cm³/mol. The molecule has 2 unspecified atom stereocenters. The Morgan fingerprint density at radius 3 is 1.00 bits per heavy atom. The minimum absolute atomic E-state index is 0.0849. The third-order valence-electron chi connectivity index (χ3n) is 2.89. The van der Waals surface area contributed by atoms with E-state index in [2.05, 4.69) is 27.7 Å². The van der Waals surface area contributed by atoms with Crippen LogP contribution in [0.15, 0.2) is 0 Å². The molecule has 0 aromatic carbocycles. The van der Waals surface area contributed by atoms with E-state index in [9.17, 15) is 44.6 Å². The van der Waals surface area contributed by atoms with Gasteiger partial charge >= 0.3 is 89.6 Å². The number of rotatable bonds is 4. The number of alkyl halides is 9. The van der Waals surface area contributed by atoms with Crippen molar-refractivity contribution in [2.45, 2.75) is 71.9 Å². The number of halogens is 9. The summed E-state index contributed by atoms with van der Waals surface area (Å²) in [5.74, 6) is 0. The van der Waals surface area contributed by atoms with Gasteiger partial charge in [0.2, 0.25) is 0 Å². The molecule has 0 aliphatic carbocycles. The Kier molecular flexibility index (Phi) is 10.0. The summed E-state index contributed by atoms with van der Waals surface area (Å²) >= 11 is -0.0849. The van der Waals surface area contributed by atoms with Crippen molar-refractivity contribution in [3.05, 3.63) is 0 Å². The maximum atomic E-state index is 11.3. The van der Waals surface area contributed by atoms with E-state index < -0.39 is 24.1 Å². The minimum Gasteiger partial charge on any atom is -0.830 e. The maximum absolute atomic E-state index is 11.3. The van der Waals surface area contributed by atoms with E-state index in [0.717, 1.165) is 7.25 Å². The van der Waals surface area contributed by atoms with Gasteiger partial charge in [-0.15, -0.1) is 0 Å². The smallest absolute Gasteiger partial charge is 0.397 e. The van der Waals surface area contributed by atoms with Crippen molar-refractivity contribution in [2.24, 2.45) is 0 Å². The van der Waals surface area contributed by atoms with E-state index in [0.29, 0.717) is 0 Å². The maximum Gasteiger partial charge on any atom is 0.397 e. The van der Waals surface area contributed by atoms with Crippen molar-refractivity contribution >= 4 is 23.2 Å². The monoisotopic (exact) mass is 558 g/mol. The first-order chi connectivity index (χ1) is 9.95. The Labute approximate surface area is 140 Å². The molecule has 0 amide bonds. The Bertz CT molecular complexity index is 291. The molecular weight excluding hydrogens is 540 g/mol. The van der Waals surface area contributed by atoms with Crippen LogP contribution >= 0.6 is 0 Å². The van der Waals surface area contributed by atoms with Gasteiger partial charge in [-0.3, -0.25) is 0 Å². The Morgan fingerprint density at radius 2 is 0.913 bits per heavy atom. The Morgan fingerprint density at radius 1 is 0.696 bits per heavy atom. The van der Waals surface area contributed by atoms with Crippen LogP contribution in [0.2, 0.25) is 7.25 Å². The van der Waals surface area contributed by atoms with Crippen molar-refractivity contribution < 1.29 is 44.6 Å². The SMILES string of the molecule is CC[CH](C)[Bi+][CH](C)CC.[O-]C(C(F)(F)F)(C(F)(F)F)C(F)(F)F. The average Bonchev–Trinajstić information content (AvgIpc) is 2.34. The molecule has 0 aliphatic heterocycles. The fourth-order valence-corrected chi connectivity index (χ4v) is 6.14. The molecule has 1 nitrogen and oxygen atoms in total. The molecule has 140 valence electrons. The van der Waals surface area contributed by atoms with Crippen LogP contribution in [0.25, 0.3) is 0 Å². The van der Waals surface area contributed by atoms with Crippen molar-refractivity contribution in [1.82, 2.24) is 0 Å². The second kappa shape index (κ2) is 9.06. The van der Waals surface area contributed by atoms with Gasteiger partial charge in [0.15, 0.2) is 5.60 Å². The van der Waals surface area contributed by atoms with Crippen molar-refractivity contribution in [3.63, 3.8) is 0 Å². The molecule has 0 bridgehead atoms. The van der Waals surface area contributed by atoms with Gasteiger partial charge in [0, 0.05) is 0 Å². The van der Waals surface area contributed by atoms with Gasteiger partial charge in [0.25, 0.3) is 0 Å². The summed E-state index contributed by atoms with van der Waals surface area (Å²) in [5.41, 5.74) is -6.94. The van der Waals surface area contributed by atoms with Crippen molar-refractivity contribution in [3.8, 4) is 0 Å². The fraction of sp³-hybridized carbons (Fsp3) is 1.00. The van der Waals surface area contributed by atoms with Gasteiger partial charge in [-0.2, -0.15) is 39.5 Å². The Balaban J connectivity index is 0. The largest absolute Gasteiger partial charge is 0.830 e. The average molecular weight is 558 g/mol. The van der Waals surface area contributed by atoms with E-state index >= 15 is 0 Å². The normalized spacial score (nSPS) is 16.4. The molecule has 0 N–H and O–H groups in total. The zero-order valence-corrected chi connectivity index (χ0v) is 16.3. The van der Waals surface area contributed by atoms with E-state index in [1.54, 1.807) is 0 Å². The molecule has 0 spiro atoms. The van der Waals surface area contributed by atoms with Crippen LogP contribution in [-0.2, 0) is 0 Å². The third kappa shape index (κ3) is 7.32. The Hall–Kier alpha value is 0.213. The molecule has 0 aromatic rings. The van der Waals surface area contributed by atoms with Crippen LogP contribution in [0, 0.1) is 0 Å². The van der Waals surface area contributed by atoms with Crippen LogP contribution < -0.4 is 5.11 Å². The van der Waals surface area contributed by atoms with Crippen molar-refractivity contribution in [2.75, 3.05) is 0 Å². The molecule has 0 aliphatic rings. The van der Waals surface area contributed by atoms with Gasteiger partial charge in [-0.1, -0.05) is 0 Å². The zero-order chi connectivity index (χ0) is 19.3. The van der Waals surface area contributed by atoms with Gasteiger partial charge < -0.3 is 5.11 Å². The molecule has 2 radical (unpaired) electrons. The predicted octanol–water partition coefficient (Wildman–Crippen LogP) is 4.90. The summed E-state index contributed by atoms with van der Waals surface area (Å²) in [6.07, 6.45) is -18.1. The summed E-state index contributed by atoms with van der Waals surface area (Å²) in [6.45, 7) is 9.47. The first-order valence-corrected chi connectivity index (χ1v) is 10.6. The molecule has 0 saturated heterocycles. The van der Waals surface area contributed by atoms with E-state index in [1.807, 2.05) is 0 Å². The molecule has 0 aromatic heterocycles. The third-order valence-corrected chi connectivity index (χ3v) is 9.68. The molecule has 0 saturated carbocycles. The van der Waals surface area contributed by atoms with Crippen LogP contribution in [-0.4, -0.2) is 47.4 Å². The number of hydrogen-bond donors (Lipinski definition) is 0. The first-order valence-electron chi connectivity index (χ1n) is 6.56. The van der Waals surface area contributed by atoms with E-state index in [4.69, 9.17) is 0 Å². The molecule has 11 heteroatoms. The summed E-state index contributed by atoms with van der Waals surface area (Å²) < 4.78 is 104. The van der Waals surface area contributed by atoms with Gasteiger partial charge in [0.05, 0.1) is 0 Å². The second-order valence-electron chi connectivity index (χ2n) is 4.84. The quantitative estimate of drug-likeness (QED) is 0.356. The molecule has 2 atom stereocenters. The number of hydrogen-bond acceptors (Lipinski definition) is 1. The van der Waals surface area contributed by atoms with Gasteiger partial charge in [-0.25, -0.2) is 0 Å². The van der Waals surface area contributed by atoms with E-state index in [1.165, 1.54) is 12.8 Å². The van der Waals surface area contributed by atoms with Gasteiger partial charge in [-0.05, 0) is 0 Å². The van der Waals surface area contributed by atoms with Crippen molar-refractivity contribution in [1.29, 1.82) is 0 Å². The molecule has 0 rings (SSSR count). The summed E-state index contributed by atoms with van der Waals surface area (Å²) in [4.78, 5) is 0. The topological polar surface area (TPSA) is 23.1 Å². The molecule has 23 heavy (non-hydrogen) atoms. The zero-order valence-electron chi connectivity index (χ0n) is 12.8. The minimum atomic E-state index is -6.98. The summed E-state index contributed by atoms with van der Waals surface area (Å²) in [7, 11) is 0. The van der Waals surface area contributed by atoms with Crippen LogP contribution in [0.3, 0.4) is 0 Å². The second-order valence-corrected chi connectivity index (χ2v) is 12.9. The molecule has 0 fully saturated rings. The van der Waals surface area contributed by atoms with Gasteiger partial charge in [0.1, 0.15) is 0 Å². The summed E-state index contributed by atoms with van der Waals surface area (Å²) in [6, 6.07) is 0. The fourth-order valence-electron chi connectivity index (χ4n) is 1.13. The van der Waals surface area contributed by atoms with Crippen LogP contribution in [0.5, 0.6) is 0 Å². The standard InChI is InChI=1S/C4F9O.2C4H9.Bi/c5-2(6,7)1(14,3(8,9)10)4(11,12)13;2*1-3-4-2;/h;2*3H,4H2,1-2H3;/q-1;;;+1. The van der Waals surface area contributed by atoms with E-state index in [-0.39, 0.29) is 23.2 Å². The molecular formula is C12H18BiF9O.